The number of rotatable bonds is 20. The van der Waals surface area contributed by atoms with Gasteiger partial charge >= 0.3 is 51.4 Å². The van der Waals surface area contributed by atoms with Gasteiger partial charge in [-0.1, -0.05) is 97.3 Å². The van der Waals surface area contributed by atoms with Crippen LogP contribution in [-0.4, -0.2) is 29.4 Å². The molecule has 0 fully saturated rings. The molecule has 6 heteroatoms. The van der Waals surface area contributed by atoms with E-state index in [1.54, 1.807) is 0 Å². The molecule has 0 amide bonds. The molecular formula is C22H45KO4S. The van der Waals surface area contributed by atoms with Gasteiger partial charge in [-0.3, -0.25) is 0 Å². The second-order valence-corrected chi connectivity index (χ2v) is 9.82. The van der Waals surface area contributed by atoms with E-state index in [-0.39, 0.29) is 57.5 Å². The minimum absolute atomic E-state index is 0. The maximum Gasteiger partial charge on any atom is 1.00 e. The first-order chi connectivity index (χ1) is 12.9. The Balaban J connectivity index is 0. The smallest absolute Gasteiger partial charge is 0.748 e. The van der Waals surface area contributed by atoms with Gasteiger partial charge in [-0.25, -0.2) is 8.42 Å². The van der Waals surface area contributed by atoms with E-state index in [2.05, 4.69) is 13.8 Å². The van der Waals surface area contributed by atoms with E-state index in [1.807, 2.05) is 0 Å². The van der Waals surface area contributed by atoms with Crippen LogP contribution in [0.1, 0.15) is 129 Å². The standard InChI is InChI=1S/C22H46O4S.K/c1-3-5-7-8-9-10-11-12-13-15-19-22(27(24,25)26)20-16-18-21(23)17-14-6-4-2;/h21-23H,3-20H2,1-2H3,(H,24,25,26);/q;+1/p-1. The molecule has 0 heterocycles. The van der Waals surface area contributed by atoms with Gasteiger partial charge in [-0.05, 0) is 32.1 Å². The van der Waals surface area contributed by atoms with Crippen LogP contribution in [0.4, 0.5) is 0 Å². The minimum Gasteiger partial charge on any atom is -0.748 e. The molecule has 4 nitrogen and oxygen atoms in total. The van der Waals surface area contributed by atoms with Gasteiger partial charge in [-0.15, -0.1) is 0 Å². The molecular weight excluding hydrogens is 399 g/mol. The Morgan fingerprint density at radius 3 is 1.50 bits per heavy atom. The largest absolute Gasteiger partial charge is 1.00 e. The SMILES string of the molecule is CCCCCCCCCCCCC(CCCC(O)CCCCC)S(=O)(=O)[O-].[K+]. The Bertz CT molecular complexity index is 415. The topological polar surface area (TPSA) is 77.4 Å². The molecule has 0 saturated heterocycles. The van der Waals surface area contributed by atoms with Crippen molar-refractivity contribution >= 4 is 10.1 Å². The normalized spacial score (nSPS) is 13.9. The first kappa shape index (κ1) is 31.7. The molecule has 28 heavy (non-hydrogen) atoms. The average Bonchev–Trinajstić information content (AvgIpc) is 2.61. The van der Waals surface area contributed by atoms with Gasteiger partial charge in [0, 0.05) is 5.25 Å². The van der Waals surface area contributed by atoms with E-state index in [1.165, 1.54) is 44.9 Å². The fourth-order valence-corrected chi connectivity index (χ4v) is 4.56. The molecule has 0 aromatic carbocycles. The van der Waals surface area contributed by atoms with Gasteiger partial charge in [-0.2, -0.15) is 0 Å². The Hall–Kier alpha value is 1.51. The number of hydrogen-bond acceptors (Lipinski definition) is 4. The van der Waals surface area contributed by atoms with E-state index in [4.69, 9.17) is 0 Å². The van der Waals surface area contributed by atoms with E-state index in [9.17, 15) is 18.1 Å². The van der Waals surface area contributed by atoms with E-state index in [0.717, 1.165) is 44.9 Å². The molecule has 0 bridgehead atoms. The summed E-state index contributed by atoms with van der Waals surface area (Å²) in [5.74, 6) is 0. The van der Waals surface area contributed by atoms with E-state index < -0.39 is 15.4 Å². The molecule has 0 aromatic heterocycles. The van der Waals surface area contributed by atoms with Crippen LogP contribution >= 0.6 is 0 Å². The molecule has 2 atom stereocenters. The number of aliphatic hydroxyl groups is 1. The number of aliphatic hydroxyl groups excluding tert-OH is 1. The molecule has 0 aliphatic carbocycles. The summed E-state index contributed by atoms with van der Waals surface area (Å²) in [6, 6.07) is 0. The van der Waals surface area contributed by atoms with Crippen molar-refractivity contribution in [3.63, 3.8) is 0 Å². The van der Waals surface area contributed by atoms with Crippen molar-refractivity contribution in [1.82, 2.24) is 0 Å². The van der Waals surface area contributed by atoms with Gasteiger partial charge in [0.1, 0.15) is 0 Å². The molecule has 0 radical (unpaired) electrons. The summed E-state index contributed by atoms with van der Waals surface area (Å²) in [4.78, 5) is 0. The van der Waals surface area contributed by atoms with Crippen LogP contribution in [0.2, 0.25) is 0 Å². The van der Waals surface area contributed by atoms with Crippen molar-refractivity contribution in [2.24, 2.45) is 0 Å². The van der Waals surface area contributed by atoms with Crippen LogP contribution in [0, 0.1) is 0 Å². The zero-order valence-corrected chi connectivity index (χ0v) is 22.9. The van der Waals surface area contributed by atoms with Crippen molar-refractivity contribution in [3.8, 4) is 0 Å². The molecule has 0 rings (SSSR count). The Morgan fingerprint density at radius 1 is 0.643 bits per heavy atom. The minimum atomic E-state index is -4.23. The predicted octanol–water partition coefficient (Wildman–Crippen LogP) is 3.33. The van der Waals surface area contributed by atoms with Crippen molar-refractivity contribution in [1.29, 1.82) is 0 Å². The third kappa shape index (κ3) is 20.8. The Morgan fingerprint density at radius 2 is 1.00 bits per heavy atom. The van der Waals surface area contributed by atoms with Crippen LogP contribution in [0.3, 0.4) is 0 Å². The molecule has 2 unspecified atom stereocenters. The summed E-state index contributed by atoms with van der Waals surface area (Å²) in [5.41, 5.74) is 0. The third-order valence-corrected chi connectivity index (χ3v) is 6.78. The van der Waals surface area contributed by atoms with E-state index >= 15 is 0 Å². The van der Waals surface area contributed by atoms with Crippen LogP contribution in [0.5, 0.6) is 0 Å². The Kier molecular flexibility index (Phi) is 24.6. The molecule has 164 valence electrons. The van der Waals surface area contributed by atoms with Crippen molar-refractivity contribution < 1.29 is 69.5 Å². The quantitative estimate of drug-likeness (QED) is 0.177. The van der Waals surface area contributed by atoms with Crippen molar-refractivity contribution in [2.75, 3.05) is 0 Å². The zero-order chi connectivity index (χ0) is 20.4. The summed E-state index contributed by atoms with van der Waals surface area (Å²) < 4.78 is 34.5. The van der Waals surface area contributed by atoms with Gasteiger partial charge in [0.2, 0.25) is 0 Å². The maximum atomic E-state index is 11.5. The summed E-state index contributed by atoms with van der Waals surface area (Å²) in [5, 5.41) is 9.16. The van der Waals surface area contributed by atoms with Crippen LogP contribution in [-0.2, 0) is 10.1 Å². The average molecular weight is 445 g/mol. The molecule has 0 aliphatic heterocycles. The maximum absolute atomic E-state index is 11.5. The summed E-state index contributed by atoms with van der Waals surface area (Å²) in [6.45, 7) is 4.36. The van der Waals surface area contributed by atoms with Crippen LogP contribution in [0.15, 0.2) is 0 Å². The number of unbranched alkanes of at least 4 members (excludes halogenated alkanes) is 11. The summed E-state index contributed by atoms with van der Waals surface area (Å²) in [7, 11) is -4.23. The van der Waals surface area contributed by atoms with Gasteiger partial charge in [0.25, 0.3) is 0 Å². The zero-order valence-electron chi connectivity index (χ0n) is 19.0. The molecule has 0 aromatic rings. The van der Waals surface area contributed by atoms with Crippen LogP contribution < -0.4 is 51.4 Å². The van der Waals surface area contributed by atoms with Gasteiger partial charge < -0.3 is 9.66 Å². The van der Waals surface area contributed by atoms with Crippen LogP contribution in [0.25, 0.3) is 0 Å². The molecule has 0 spiro atoms. The third-order valence-electron chi connectivity index (χ3n) is 5.49. The molecule has 0 saturated carbocycles. The summed E-state index contributed by atoms with van der Waals surface area (Å²) >= 11 is 0. The first-order valence-electron chi connectivity index (χ1n) is 11.5. The second-order valence-electron chi connectivity index (χ2n) is 8.17. The second kappa shape index (κ2) is 21.7. The molecule has 0 aliphatic rings. The Labute approximate surface area is 218 Å². The molecule has 1 N–H and O–H groups in total. The van der Waals surface area contributed by atoms with E-state index in [0.29, 0.717) is 25.7 Å². The first-order valence-corrected chi connectivity index (χ1v) is 13.0. The number of hydrogen-bond donors (Lipinski definition) is 1. The monoisotopic (exact) mass is 444 g/mol. The fourth-order valence-electron chi connectivity index (χ4n) is 3.65. The van der Waals surface area contributed by atoms with Crippen molar-refractivity contribution in [3.05, 3.63) is 0 Å². The van der Waals surface area contributed by atoms with Gasteiger partial charge in [0.05, 0.1) is 16.2 Å². The van der Waals surface area contributed by atoms with Crippen molar-refractivity contribution in [2.45, 2.75) is 141 Å². The predicted molar refractivity (Wildman–Crippen MR) is 114 cm³/mol. The van der Waals surface area contributed by atoms with Gasteiger partial charge in [0.15, 0.2) is 0 Å². The summed E-state index contributed by atoms with van der Waals surface area (Å²) in [6.07, 6.45) is 17.8. The fraction of sp³-hybridized carbons (Fsp3) is 1.00.